The molecule has 0 heterocycles. The summed E-state index contributed by atoms with van der Waals surface area (Å²) >= 11 is 0. The molecule has 0 bridgehead atoms. The third-order valence-corrected chi connectivity index (χ3v) is 5.15. The van der Waals surface area contributed by atoms with Crippen LogP contribution in [-0.2, 0) is 13.2 Å². The largest absolute Gasteiger partial charge is 0.490 e. The first-order valence-corrected chi connectivity index (χ1v) is 9.92. The molecule has 1 fully saturated rings. The van der Waals surface area contributed by atoms with Gasteiger partial charge in [-0.2, -0.15) is 0 Å². The van der Waals surface area contributed by atoms with Crippen LogP contribution >= 0.6 is 0 Å². The van der Waals surface area contributed by atoms with Crippen LogP contribution in [0.1, 0.15) is 55.7 Å². The summed E-state index contributed by atoms with van der Waals surface area (Å²) in [7, 11) is 0. The molecule has 0 spiro atoms. The molecule has 3 heteroatoms. The Balaban J connectivity index is 1.63. The monoisotopic (exact) mass is 353 g/mol. The molecule has 2 aromatic rings. The van der Waals surface area contributed by atoms with Crippen molar-refractivity contribution in [3.63, 3.8) is 0 Å². The van der Waals surface area contributed by atoms with Crippen molar-refractivity contribution in [1.82, 2.24) is 5.32 Å². The molecule has 1 aliphatic rings. The molecule has 1 aliphatic carbocycles. The minimum atomic E-state index is 0.562. The number of ether oxygens (including phenoxy) is 2. The summed E-state index contributed by atoms with van der Waals surface area (Å²) in [5.41, 5.74) is 3.71. The first kappa shape index (κ1) is 18.8. The van der Waals surface area contributed by atoms with Gasteiger partial charge in [0.05, 0.1) is 6.61 Å². The van der Waals surface area contributed by atoms with Gasteiger partial charge in [-0.1, -0.05) is 49.6 Å². The van der Waals surface area contributed by atoms with Crippen molar-refractivity contribution in [1.29, 1.82) is 0 Å². The second-order valence-corrected chi connectivity index (χ2v) is 7.15. The molecule has 0 radical (unpaired) electrons. The zero-order valence-electron chi connectivity index (χ0n) is 16.1. The minimum absolute atomic E-state index is 0.562. The molecule has 0 aromatic heterocycles. The number of nitrogens with one attached hydrogen (secondary N) is 1. The van der Waals surface area contributed by atoms with E-state index >= 15 is 0 Å². The van der Waals surface area contributed by atoms with Gasteiger partial charge in [-0.25, -0.2) is 0 Å². The highest BCUT2D eigenvalue weighted by Crippen LogP contribution is 2.30. The molecule has 1 saturated carbocycles. The second-order valence-electron chi connectivity index (χ2n) is 7.15. The van der Waals surface area contributed by atoms with E-state index in [-0.39, 0.29) is 0 Å². The molecule has 140 valence electrons. The lowest BCUT2D eigenvalue weighted by molar-refractivity contribution is 0.268. The van der Waals surface area contributed by atoms with Crippen LogP contribution in [0.5, 0.6) is 11.5 Å². The van der Waals surface area contributed by atoms with E-state index in [1.54, 1.807) is 0 Å². The van der Waals surface area contributed by atoms with Crippen molar-refractivity contribution in [3.05, 3.63) is 59.2 Å². The van der Waals surface area contributed by atoms with Gasteiger partial charge in [0.15, 0.2) is 11.5 Å². The van der Waals surface area contributed by atoms with Crippen LogP contribution in [0, 0.1) is 6.92 Å². The highest BCUT2D eigenvalue weighted by molar-refractivity contribution is 5.43. The van der Waals surface area contributed by atoms with E-state index in [4.69, 9.17) is 9.47 Å². The van der Waals surface area contributed by atoms with Crippen molar-refractivity contribution >= 4 is 0 Å². The van der Waals surface area contributed by atoms with Crippen LogP contribution in [0.25, 0.3) is 0 Å². The summed E-state index contributed by atoms with van der Waals surface area (Å²) in [5, 5.41) is 3.70. The number of hydrogen-bond acceptors (Lipinski definition) is 3. The van der Waals surface area contributed by atoms with E-state index in [1.165, 1.54) is 48.8 Å². The number of benzene rings is 2. The topological polar surface area (TPSA) is 30.5 Å². The maximum atomic E-state index is 6.06. The van der Waals surface area contributed by atoms with Gasteiger partial charge in [-0.05, 0) is 55.5 Å². The van der Waals surface area contributed by atoms with Crippen LogP contribution in [0.15, 0.2) is 42.5 Å². The smallest absolute Gasteiger partial charge is 0.161 e. The molecule has 3 rings (SSSR count). The second kappa shape index (κ2) is 9.63. The number of aryl methyl sites for hydroxylation is 1. The van der Waals surface area contributed by atoms with Gasteiger partial charge in [0.25, 0.3) is 0 Å². The third-order valence-electron chi connectivity index (χ3n) is 5.15. The third kappa shape index (κ3) is 5.25. The molecule has 3 nitrogen and oxygen atoms in total. The predicted molar refractivity (Wildman–Crippen MR) is 107 cm³/mol. The van der Waals surface area contributed by atoms with E-state index < -0.39 is 0 Å². The average Bonchev–Trinajstić information content (AvgIpc) is 2.68. The van der Waals surface area contributed by atoms with E-state index in [9.17, 15) is 0 Å². The lowest BCUT2D eigenvalue weighted by Crippen LogP contribution is -2.30. The molecule has 2 aromatic carbocycles. The van der Waals surface area contributed by atoms with E-state index in [2.05, 4.69) is 48.6 Å². The summed E-state index contributed by atoms with van der Waals surface area (Å²) in [6.07, 6.45) is 6.70. The van der Waals surface area contributed by atoms with E-state index in [0.29, 0.717) is 19.3 Å². The molecule has 0 unspecified atom stereocenters. The minimum Gasteiger partial charge on any atom is -0.490 e. The van der Waals surface area contributed by atoms with E-state index in [0.717, 1.165) is 18.0 Å². The quantitative estimate of drug-likeness (QED) is 0.690. The molecular formula is C23H31NO2. The Kier molecular flexibility index (Phi) is 6.96. The van der Waals surface area contributed by atoms with Crippen LogP contribution in [0.2, 0.25) is 0 Å². The molecular weight excluding hydrogens is 322 g/mol. The van der Waals surface area contributed by atoms with Crippen molar-refractivity contribution in [3.8, 4) is 11.5 Å². The van der Waals surface area contributed by atoms with Gasteiger partial charge >= 0.3 is 0 Å². The summed E-state index contributed by atoms with van der Waals surface area (Å²) in [6, 6.07) is 15.3. The van der Waals surface area contributed by atoms with Crippen LogP contribution in [0.3, 0.4) is 0 Å². The lowest BCUT2D eigenvalue weighted by atomic mass is 9.95. The van der Waals surface area contributed by atoms with Crippen LogP contribution in [-0.4, -0.2) is 12.6 Å². The lowest BCUT2D eigenvalue weighted by Gasteiger charge is -2.23. The van der Waals surface area contributed by atoms with Gasteiger partial charge in [-0.15, -0.1) is 0 Å². The fourth-order valence-electron chi connectivity index (χ4n) is 3.55. The number of rotatable bonds is 8. The fourth-order valence-corrected chi connectivity index (χ4v) is 3.55. The molecule has 1 N–H and O–H groups in total. The zero-order valence-corrected chi connectivity index (χ0v) is 16.1. The van der Waals surface area contributed by atoms with Gasteiger partial charge in [-0.3, -0.25) is 0 Å². The summed E-state index contributed by atoms with van der Waals surface area (Å²) in [6.45, 7) is 6.22. The summed E-state index contributed by atoms with van der Waals surface area (Å²) < 4.78 is 11.9. The fraction of sp³-hybridized carbons (Fsp3) is 0.478. The Morgan fingerprint density at radius 3 is 2.54 bits per heavy atom. The summed E-state index contributed by atoms with van der Waals surface area (Å²) in [5.74, 6) is 1.65. The van der Waals surface area contributed by atoms with Crippen LogP contribution < -0.4 is 14.8 Å². The Hall–Kier alpha value is -2.00. The highest BCUT2D eigenvalue weighted by Gasteiger charge is 2.13. The molecule has 0 saturated heterocycles. The van der Waals surface area contributed by atoms with Gasteiger partial charge in [0.1, 0.15) is 6.61 Å². The Morgan fingerprint density at radius 1 is 0.962 bits per heavy atom. The molecule has 26 heavy (non-hydrogen) atoms. The van der Waals surface area contributed by atoms with Crippen molar-refractivity contribution in [2.75, 3.05) is 6.61 Å². The average molecular weight is 354 g/mol. The molecule has 0 atom stereocenters. The Morgan fingerprint density at radius 2 is 1.77 bits per heavy atom. The summed E-state index contributed by atoms with van der Waals surface area (Å²) in [4.78, 5) is 0. The molecule has 0 amide bonds. The zero-order chi connectivity index (χ0) is 18.2. The highest BCUT2D eigenvalue weighted by atomic mass is 16.5. The first-order chi connectivity index (χ1) is 12.8. The molecule has 0 aliphatic heterocycles. The van der Waals surface area contributed by atoms with Gasteiger partial charge in [0, 0.05) is 12.6 Å². The Labute approximate surface area is 157 Å². The van der Waals surface area contributed by atoms with Crippen molar-refractivity contribution < 1.29 is 9.47 Å². The van der Waals surface area contributed by atoms with Gasteiger partial charge < -0.3 is 14.8 Å². The Bertz CT molecular complexity index is 692. The maximum Gasteiger partial charge on any atom is 0.161 e. The van der Waals surface area contributed by atoms with Crippen LogP contribution in [0.4, 0.5) is 0 Å². The van der Waals surface area contributed by atoms with Gasteiger partial charge in [0.2, 0.25) is 0 Å². The first-order valence-electron chi connectivity index (χ1n) is 9.92. The van der Waals surface area contributed by atoms with Crippen molar-refractivity contribution in [2.45, 2.75) is 65.1 Å². The maximum absolute atomic E-state index is 6.06. The van der Waals surface area contributed by atoms with Crippen molar-refractivity contribution in [2.24, 2.45) is 0 Å². The number of hydrogen-bond donors (Lipinski definition) is 1. The normalized spacial score (nSPS) is 15.0. The predicted octanol–water partition coefficient (Wildman–Crippen LogP) is 5.40. The van der Waals surface area contributed by atoms with E-state index in [1.807, 2.05) is 13.0 Å². The standard InChI is InChI=1S/C23H31NO2/c1-3-25-23-15-19(16-24-21-11-5-4-6-12-21)13-14-22(23)26-17-20-10-8-7-9-18(20)2/h7-10,13-15,21,24H,3-6,11-12,16-17H2,1-2H3. The SMILES string of the molecule is CCOc1cc(CNC2CCCCC2)ccc1OCc1ccccc1C.